The van der Waals surface area contributed by atoms with Crippen molar-refractivity contribution >= 4 is 17.1 Å². The van der Waals surface area contributed by atoms with E-state index in [1.807, 2.05) is 37.3 Å². The number of ether oxygens (including phenoxy) is 1. The van der Waals surface area contributed by atoms with Crippen molar-refractivity contribution in [3.8, 4) is 0 Å². The largest absolute Gasteiger partial charge is 0.383 e. The number of imidazole rings is 1. The van der Waals surface area contributed by atoms with Crippen molar-refractivity contribution in [3.63, 3.8) is 0 Å². The van der Waals surface area contributed by atoms with Crippen LogP contribution in [0.25, 0.3) is 11.2 Å². The van der Waals surface area contributed by atoms with Crippen molar-refractivity contribution in [2.45, 2.75) is 71.6 Å². The number of carbonyl (C=O) groups is 1. The van der Waals surface area contributed by atoms with Gasteiger partial charge in [-0.2, -0.15) is 0 Å². The zero-order chi connectivity index (χ0) is 24.5. The number of rotatable bonds is 13. The number of nitrogens with one attached hydrogen (secondary N) is 1. The molecular formula is C25H35N5O4. The Morgan fingerprint density at radius 3 is 2.59 bits per heavy atom. The van der Waals surface area contributed by atoms with Gasteiger partial charge >= 0.3 is 5.69 Å². The number of hydrogen-bond donors (Lipinski definition) is 1. The maximum absolute atomic E-state index is 13.4. The molecule has 0 saturated carbocycles. The zero-order valence-corrected chi connectivity index (χ0v) is 20.3. The fourth-order valence-corrected chi connectivity index (χ4v) is 4.06. The van der Waals surface area contributed by atoms with Gasteiger partial charge in [-0.05, 0) is 18.9 Å². The summed E-state index contributed by atoms with van der Waals surface area (Å²) in [6.45, 7) is 4.81. The molecular weight excluding hydrogens is 434 g/mol. The third kappa shape index (κ3) is 6.22. The van der Waals surface area contributed by atoms with Crippen LogP contribution in [0.3, 0.4) is 0 Å². The van der Waals surface area contributed by atoms with E-state index in [9.17, 15) is 14.4 Å². The van der Waals surface area contributed by atoms with E-state index in [0.29, 0.717) is 18.8 Å². The molecule has 1 aromatic carbocycles. The van der Waals surface area contributed by atoms with Crippen LogP contribution < -0.4 is 16.6 Å². The van der Waals surface area contributed by atoms with Crippen molar-refractivity contribution in [1.82, 2.24) is 24.0 Å². The molecule has 2 heterocycles. The van der Waals surface area contributed by atoms with Gasteiger partial charge in [0, 0.05) is 19.7 Å². The van der Waals surface area contributed by atoms with Crippen LogP contribution in [0.4, 0.5) is 0 Å². The molecule has 0 aliphatic rings. The maximum Gasteiger partial charge on any atom is 0.333 e. The monoisotopic (exact) mass is 469 g/mol. The number of unbranched alkanes of at least 4 members (excludes halogenated alkanes) is 3. The molecule has 2 aromatic heterocycles. The first-order valence-electron chi connectivity index (χ1n) is 12.0. The van der Waals surface area contributed by atoms with Gasteiger partial charge in [0.25, 0.3) is 5.56 Å². The van der Waals surface area contributed by atoms with Gasteiger partial charge in [-0.3, -0.25) is 14.2 Å². The molecule has 0 fully saturated rings. The van der Waals surface area contributed by atoms with E-state index >= 15 is 0 Å². The summed E-state index contributed by atoms with van der Waals surface area (Å²) in [6.07, 6.45) is 6.89. The van der Waals surface area contributed by atoms with Crippen LogP contribution in [-0.4, -0.2) is 44.4 Å². The van der Waals surface area contributed by atoms with Crippen molar-refractivity contribution in [2.75, 3.05) is 13.7 Å². The van der Waals surface area contributed by atoms with Gasteiger partial charge < -0.3 is 14.6 Å². The van der Waals surface area contributed by atoms with Crippen LogP contribution in [0, 0.1) is 0 Å². The highest BCUT2D eigenvalue weighted by molar-refractivity contribution is 5.77. The quantitative estimate of drug-likeness (QED) is 0.388. The molecule has 1 amide bonds. The smallest absolute Gasteiger partial charge is 0.333 e. The van der Waals surface area contributed by atoms with E-state index in [1.165, 1.54) is 17.3 Å². The molecule has 0 bridgehead atoms. The zero-order valence-electron chi connectivity index (χ0n) is 20.3. The molecule has 0 saturated heterocycles. The summed E-state index contributed by atoms with van der Waals surface area (Å²) in [7, 11) is 1.58. The van der Waals surface area contributed by atoms with Crippen molar-refractivity contribution < 1.29 is 9.53 Å². The third-order valence-electron chi connectivity index (χ3n) is 5.90. The van der Waals surface area contributed by atoms with E-state index in [0.717, 1.165) is 35.8 Å². The number of nitrogens with zero attached hydrogens (tertiary/aromatic N) is 4. The van der Waals surface area contributed by atoms with Crippen molar-refractivity contribution in [2.24, 2.45) is 0 Å². The summed E-state index contributed by atoms with van der Waals surface area (Å²) < 4.78 is 9.29. The highest BCUT2D eigenvalue weighted by atomic mass is 16.5. The molecule has 0 spiro atoms. The van der Waals surface area contributed by atoms with Gasteiger partial charge in [-0.25, -0.2) is 14.3 Å². The summed E-state index contributed by atoms with van der Waals surface area (Å²) in [5.74, 6) is -0.351. The molecule has 0 aliphatic heterocycles. The summed E-state index contributed by atoms with van der Waals surface area (Å²) in [4.78, 5) is 43.8. The van der Waals surface area contributed by atoms with Gasteiger partial charge in [0.1, 0.15) is 6.54 Å². The Labute approximate surface area is 199 Å². The number of carbonyl (C=O) groups excluding carboxylic acids is 1. The number of aromatic nitrogens is 4. The first-order valence-corrected chi connectivity index (χ1v) is 12.0. The lowest BCUT2D eigenvalue weighted by Gasteiger charge is -2.16. The lowest BCUT2D eigenvalue weighted by atomic mass is 10.1. The lowest BCUT2D eigenvalue weighted by molar-refractivity contribution is -0.122. The van der Waals surface area contributed by atoms with Gasteiger partial charge in [0.2, 0.25) is 5.91 Å². The van der Waals surface area contributed by atoms with Gasteiger partial charge in [0.15, 0.2) is 11.2 Å². The summed E-state index contributed by atoms with van der Waals surface area (Å²) >= 11 is 0. The molecule has 9 heteroatoms. The molecule has 9 nitrogen and oxygen atoms in total. The topological polar surface area (TPSA) is 100 Å². The first-order chi connectivity index (χ1) is 16.5. The van der Waals surface area contributed by atoms with Crippen LogP contribution in [0.5, 0.6) is 0 Å². The minimum Gasteiger partial charge on any atom is -0.383 e. The highest BCUT2D eigenvalue weighted by Crippen LogP contribution is 2.10. The van der Waals surface area contributed by atoms with E-state index in [-0.39, 0.29) is 30.6 Å². The molecule has 3 aromatic rings. The van der Waals surface area contributed by atoms with Crippen LogP contribution in [0.15, 0.2) is 46.2 Å². The minimum atomic E-state index is -0.552. The first kappa shape index (κ1) is 25.4. The van der Waals surface area contributed by atoms with Crippen LogP contribution in [0.1, 0.15) is 51.5 Å². The molecule has 1 atom stereocenters. The Hall–Kier alpha value is -3.20. The average Bonchev–Trinajstić information content (AvgIpc) is 3.25. The summed E-state index contributed by atoms with van der Waals surface area (Å²) in [6, 6.07) is 9.46. The Kier molecular flexibility index (Phi) is 9.21. The van der Waals surface area contributed by atoms with E-state index in [4.69, 9.17) is 4.74 Å². The maximum atomic E-state index is 13.4. The fourth-order valence-electron chi connectivity index (χ4n) is 4.06. The van der Waals surface area contributed by atoms with Crippen LogP contribution in [-0.2, 0) is 29.2 Å². The molecule has 34 heavy (non-hydrogen) atoms. The van der Waals surface area contributed by atoms with Crippen molar-refractivity contribution in [3.05, 3.63) is 63.1 Å². The molecule has 0 radical (unpaired) electrons. The standard InChI is InChI=1S/C25H35N5O4/c1-4-5-6-8-11-19(2)27-21(31)17-30-24(32)22-23(26-18-28(22)14-15-34-3)29(25(30)33)16-20-12-9-7-10-13-20/h7,9-10,12-13,18-19H,4-6,8,11,14-17H2,1-3H3,(H,27,31). The number of hydrogen-bond acceptors (Lipinski definition) is 5. The predicted molar refractivity (Wildman–Crippen MR) is 132 cm³/mol. The van der Waals surface area contributed by atoms with Crippen LogP contribution >= 0.6 is 0 Å². The Bertz CT molecular complexity index is 1200. The molecule has 1 unspecified atom stereocenters. The summed E-state index contributed by atoms with van der Waals surface area (Å²) in [5.41, 5.74) is 0.407. The van der Waals surface area contributed by atoms with Crippen LogP contribution in [0.2, 0.25) is 0 Å². The molecule has 3 rings (SSSR count). The van der Waals surface area contributed by atoms with E-state index in [2.05, 4.69) is 17.2 Å². The predicted octanol–water partition coefficient (Wildman–Crippen LogP) is 2.53. The van der Waals surface area contributed by atoms with Gasteiger partial charge in [-0.15, -0.1) is 0 Å². The second kappa shape index (κ2) is 12.3. The second-order valence-corrected chi connectivity index (χ2v) is 8.67. The summed E-state index contributed by atoms with van der Waals surface area (Å²) in [5, 5.41) is 2.93. The molecule has 0 aliphatic carbocycles. The Balaban J connectivity index is 1.92. The van der Waals surface area contributed by atoms with E-state index in [1.54, 1.807) is 11.7 Å². The third-order valence-corrected chi connectivity index (χ3v) is 5.90. The fraction of sp³-hybridized carbons (Fsp3) is 0.520. The molecule has 184 valence electrons. The number of amides is 1. The average molecular weight is 470 g/mol. The second-order valence-electron chi connectivity index (χ2n) is 8.67. The van der Waals surface area contributed by atoms with Gasteiger partial charge in [0.05, 0.1) is 19.5 Å². The SMILES string of the molecule is CCCCCCC(C)NC(=O)Cn1c(=O)c2c(ncn2CCOC)n(Cc2ccccc2)c1=O. The normalized spacial score (nSPS) is 12.2. The van der Waals surface area contributed by atoms with E-state index < -0.39 is 11.2 Å². The van der Waals surface area contributed by atoms with Gasteiger partial charge in [-0.1, -0.05) is 62.9 Å². The number of fused-ring (bicyclic) bond motifs is 1. The number of benzene rings is 1. The number of methoxy groups -OCH3 is 1. The lowest BCUT2D eigenvalue weighted by Crippen LogP contribution is -2.45. The van der Waals surface area contributed by atoms with Crippen molar-refractivity contribution in [1.29, 1.82) is 0 Å². The molecule has 1 N–H and O–H groups in total. The Morgan fingerprint density at radius 2 is 1.88 bits per heavy atom. The highest BCUT2D eigenvalue weighted by Gasteiger charge is 2.20. The minimum absolute atomic E-state index is 0.0254. The Morgan fingerprint density at radius 1 is 1.12 bits per heavy atom.